The fourth-order valence-electron chi connectivity index (χ4n) is 1.77. The molecule has 1 heterocycles. The van der Waals surface area contributed by atoms with Crippen molar-refractivity contribution in [1.82, 2.24) is 0 Å². The maximum atomic E-state index is 13.3. The third kappa shape index (κ3) is 2.36. The molecule has 18 heavy (non-hydrogen) atoms. The summed E-state index contributed by atoms with van der Waals surface area (Å²) in [4.78, 5) is 0. The Balaban J connectivity index is 2.55. The van der Waals surface area contributed by atoms with Gasteiger partial charge in [-0.25, -0.2) is 0 Å². The van der Waals surface area contributed by atoms with E-state index in [0.29, 0.717) is 4.48 Å². The van der Waals surface area contributed by atoms with Crippen molar-refractivity contribution in [3.8, 4) is 0 Å². The summed E-state index contributed by atoms with van der Waals surface area (Å²) in [7, 11) is 0. The van der Waals surface area contributed by atoms with Crippen molar-refractivity contribution in [1.29, 1.82) is 0 Å². The molecule has 0 amide bonds. The summed E-state index contributed by atoms with van der Waals surface area (Å²) in [5, 5.41) is 0.264. The molecule has 1 aromatic carbocycles. The fraction of sp³-hybridized carbons (Fsp3) is 0.273. The van der Waals surface area contributed by atoms with E-state index in [4.69, 9.17) is 27.9 Å². The first-order valence-corrected chi connectivity index (χ1v) is 6.35. The van der Waals surface area contributed by atoms with Gasteiger partial charge in [-0.05, 0) is 18.2 Å². The molecule has 0 bridgehead atoms. The van der Waals surface area contributed by atoms with Gasteiger partial charge in [-0.15, -0.1) is 0 Å². The highest BCUT2D eigenvalue weighted by Gasteiger charge is 2.60. The average Bonchev–Trinajstić information content (AvgIpc) is 2.59. The topological polar surface area (TPSA) is 9.23 Å². The van der Waals surface area contributed by atoms with Gasteiger partial charge >= 0.3 is 6.18 Å². The molecule has 0 aliphatic carbocycles. The Morgan fingerprint density at radius 1 is 1.17 bits per heavy atom. The van der Waals surface area contributed by atoms with Gasteiger partial charge in [0.1, 0.15) is 0 Å². The van der Waals surface area contributed by atoms with Crippen molar-refractivity contribution in [3.63, 3.8) is 0 Å². The second-order valence-electron chi connectivity index (χ2n) is 3.84. The van der Waals surface area contributed by atoms with Gasteiger partial charge in [0.15, 0.2) is 0 Å². The van der Waals surface area contributed by atoms with Gasteiger partial charge in [-0.3, -0.25) is 0 Å². The zero-order chi connectivity index (χ0) is 13.6. The first-order chi connectivity index (χ1) is 8.24. The minimum atomic E-state index is -4.58. The smallest absolute Gasteiger partial charge is 0.432 e. The standard InChI is InChI=1S/C11H6BrCl2F3O/c12-7-4-10(18-5-7,11(15,16)17)6-1-8(13)3-9(14)2-6/h1-3,5H,4H2. The van der Waals surface area contributed by atoms with Gasteiger partial charge < -0.3 is 4.74 Å². The monoisotopic (exact) mass is 360 g/mol. The molecule has 0 N–H and O–H groups in total. The molecule has 0 aromatic heterocycles. The zero-order valence-corrected chi connectivity index (χ0v) is 11.8. The largest absolute Gasteiger partial charge is 0.479 e. The van der Waals surface area contributed by atoms with Crippen LogP contribution in [0.25, 0.3) is 0 Å². The number of halogens is 6. The minimum Gasteiger partial charge on any atom is -0.479 e. The Morgan fingerprint density at radius 2 is 1.72 bits per heavy atom. The van der Waals surface area contributed by atoms with E-state index < -0.39 is 11.8 Å². The van der Waals surface area contributed by atoms with Crippen LogP contribution in [0, 0.1) is 0 Å². The van der Waals surface area contributed by atoms with Gasteiger partial charge in [-0.2, -0.15) is 13.2 Å². The quantitative estimate of drug-likeness (QED) is 0.650. The summed E-state index contributed by atoms with van der Waals surface area (Å²) in [6, 6.07) is 3.79. The lowest BCUT2D eigenvalue weighted by molar-refractivity contribution is -0.261. The normalized spacial score (nSPS) is 23.8. The summed E-state index contributed by atoms with van der Waals surface area (Å²) in [5.41, 5.74) is -2.54. The summed E-state index contributed by atoms with van der Waals surface area (Å²) in [5.74, 6) is 0. The van der Waals surface area contributed by atoms with Crippen molar-refractivity contribution in [2.75, 3.05) is 0 Å². The Morgan fingerprint density at radius 3 is 2.11 bits per heavy atom. The Labute approximate surface area is 120 Å². The van der Waals surface area contributed by atoms with Crippen molar-refractivity contribution < 1.29 is 17.9 Å². The van der Waals surface area contributed by atoms with E-state index in [2.05, 4.69) is 15.9 Å². The van der Waals surface area contributed by atoms with Crippen LogP contribution in [0.5, 0.6) is 0 Å². The number of hydrogen-bond acceptors (Lipinski definition) is 1. The molecule has 1 nitrogen and oxygen atoms in total. The van der Waals surface area contributed by atoms with Crippen LogP contribution in [0.4, 0.5) is 13.2 Å². The maximum absolute atomic E-state index is 13.3. The van der Waals surface area contributed by atoms with Gasteiger partial charge in [0.05, 0.1) is 6.26 Å². The summed E-state index contributed by atoms with van der Waals surface area (Å²) < 4.78 is 45.0. The molecule has 0 spiro atoms. The zero-order valence-electron chi connectivity index (χ0n) is 8.69. The summed E-state index contributed by atoms with van der Waals surface area (Å²) >= 11 is 14.5. The predicted molar refractivity (Wildman–Crippen MR) is 66.9 cm³/mol. The lowest BCUT2D eigenvalue weighted by Crippen LogP contribution is -2.41. The number of alkyl halides is 3. The van der Waals surface area contributed by atoms with Crippen LogP contribution in [0.3, 0.4) is 0 Å². The predicted octanol–water partition coefficient (Wildman–Crippen LogP) is 5.41. The van der Waals surface area contributed by atoms with E-state index in [1.165, 1.54) is 18.2 Å². The van der Waals surface area contributed by atoms with Crippen LogP contribution in [0.15, 0.2) is 28.9 Å². The third-order valence-electron chi connectivity index (χ3n) is 2.59. The Kier molecular flexibility index (Phi) is 3.60. The SMILES string of the molecule is FC(F)(F)C1(c2cc(Cl)cc(Cl)c2)CC(Br)=CO1. The van der Waals surface area contributed by atoms with Crippen LogP contribution in [0.2, 0.25) is 10.0 Å². The lowest BCUT2D eigenvalue weighted by Gasteiger charge is -2.31. The van der Waals surface area contributed by atoms with Gasteiger partial charge in [-0.1, -0.05) is 39.1 Å². The van der Waals surface area contributed by atoms with Crippen LogP contribution < -0.4 is 0 Å². The van der Waals surface area contributed by atoms with E-state index in [1.54, 1.807) is 0 Å². The molecule has 0 radical (unpaired) electrons. The highest BCUT2D eigenvalue weighted by Crippen LogP contribution is 2.51. The van der Waals surface area contributed by atoms with Crippen molar-refractivity contribution in [3.05, 3.63) is 44.6 Å². The molecule has 1 unspecified atom stereocenters. The highest BCUT2D eigenvalue weighted by atomic mass is 79.9. The second kappa shape index (κ2) is 4.62. The maximum Gasteiger partial charge on any atom is 0.432 e. The van der Waals surface area contributed by atoms with E-state index in [1.807, 2.05) is 0 Å². The average molecular weight is 362 g/mol. The lowest BCUT2D eigenvalue weighted by atomic mass is 9.90. The summed E-state index contributed by atoms with van der Waals surface area (Å²) in [6.45, 7) is 0. The first kappa shape index (κ1) is 14.0. The van der Waals surface area contributed by atoms with E-state index in [-0.39, 0.29) is 22.0 Å². The van der Waals surface area contributed by atoms with Gasteiger partial charge in [0.25, 0.3) is 0 Å². The van der Waals surface area contributed by atoms with E-state index >= 15 is 0 Å². The van der Waals surface area contributed by atoms with Crippen molar-refractivity contribution in [2.24, 2.45) is 0 Å². The van der Waals surface area contributed by atoms with Crippen molar-refractivity contribution >= 4 is 39.1 Å². The molecule has 0 saturated carbocycles. The van der Waals surface area contributed by atoms with Gasteiger partial charge in [0.2, 0.25) is 5.60 Å². The van der Waals surface area contributed by atoms with Crippen LogP contribution in [0.1, 0.15) is 12.0 Å². The third-order valence-corrected chi connectivity index (χ3v) is 3.50. The van der Waals surface area contributed by atoms with Gasteiger partial charge in [0, 0.05) is 26.5 Å². The van der Waals surface area contributed by atoms with Crippen molar-refractivity contribution in [2.45, 2.75) is 18.2 Å². The van der Waals surface area contributed by atoms with Crippen LogP contribution >= 0.6 is 39.1 Å². The molecular weight excluding hydrogens is 356 g/mol. The molecule has 98 valence electrons. The Hall–Kier alpha value is -0.390. The molecule has 0 fully saturated rings. The van der Waals surface area contributed by atoms with E-state index in [9.17, 15) is 13.2 Å². The highest BCUT2D eigenvalue weighted by molar-refractivity contribution is 9.11. The van der Waals surface area contributed by atoms with Crippen LogP contribution in [-0.4, -0.2) is 6.18 Å². The fourth-order valence-corrected chi connectivity index (χ4v) is 2.79. The molecule has 1 aliphatic rings. The number of ether oxygens (including phenoxy) is 1. The molecule has 1 atom stereocenters. The minimum absolute atomic E-state index is 0.113. The van der Waals surface area contributed by atoms with E-state index in [0.717, 1.165) is 6.26 Å². The summed E-state index contributed by atoms with van der Waals surface area (Å²) in [6.07, 6.45) is -3.87. The second-order valence-corrected chi connectivity index (χ2v) is 5.73. The Bertz CT molecular complexity index is 495. The molecular formula is C11H6BrCl2F3O. The molecule has 7 heteroatoms. The number of rotatable bonds is 1. The number of hydrogen-bond donors (Lipinski definition) is 0. The number of benzene rings is 1. The molecule has 1 aromatic rings. The van der Waals surface area contributed by atoms with Crippen LogP contribution in [-0.2, 0) is 10.3 Å². The molecule has 2 rings (SSSR count). The molecule has 1 aliphatic heterocycles. The molecule has 0 saturated heterocycles. The first-order valence-electron chi connectivity index (χ1n) is 4.80.